The molecule has 2 aromatic rings. The summed E-state index contributed by atoms with van der Waals surface area (Å²) in [6, 6.07) is 11.6. The van der Waals surface area contributed by atoms with Gasteiger partial charge in [-0.05, 0) is 68.5 Å². The van der Waals surface area contributed by atoms with Gasteiger partial charge in [0, 0.05) is 19.1 Å². The maximum absolute atomic E-state index is 13.2. The molecule has 2 heterocycles. The highest BCUT2D eigenvalue weighted by atomic mass is 32.2. The van der Waals surface area contributed by atoms with E-state index in [1.54, 1.807) is 22.7 Å². The van der Waals surface area contributed by atoms with E-state index in [9.17, 15) is 8.42 Å². The number of fused-ring (bicyclic) bond motifs is 1. The summed E-state index contributed by atoms with van der Waals surface area (Å²) in [5.41, 5.74) is 0.976. The van der Waals surface area contributed by atoms with Crippen LogP contribution in [-0.2, 0) is 16.6 Å². The van der Waals surface area contributed by atoms with Crippen LogP contribution in [0.5, 0.6) is 0 Å². The Kier molecular flexibility index (Phi) is 5.14. The van der Waals surface area contributed by atoms with E-state index in [1.807, 2.05) is 31.2 Å². The Labute approximate surface area is 162 Å². The summed E-state index contributed by atoms with van der Waals surface area (Å²) in [4.78, 5) is 2.76. The molecule has 0 radical (unpaired) electrons. The first kappa shape index (κ1) is 18.7. The molecule has 1 aliphatic carbocycles. The molecule has 0 amide bonds. The Morgan fingerprint density at radius 3 is 2.78 bits per heavy atom. The third-order valence-electron chi connectivity index (χ3n) is 6.21. The Morgan fingerprint density at radius 2 is 2.04 bits per heavy atom. The van der Waals surface area contributed by atoms with Crippen molar-refractivity contribution in [3.8, 4) is 0 Å². The Bertz CT molecular complexity index is 879. The number of aryl methyl sites for hydroxylation is 1. The van der Waals surface area contributed by atoms with E-state index in [0.29, 0.717) is 35.9 Å². The standard InChI is InChI=1S/C21H28N2O3S/c1-16-6-3-9-19(12-16)27(24,25)23-13-17-7-4-10-21(20(17)15-23)22(2)14-18-8-5-11-26-18/h3,5-6,8-9,11-12,17,20-21H,4,7,10,13-15H2,1-2H3/t17-,20-,21+/m0/s1. The Morgan fingerprint density at radius 1 is 1.19 bits per heavy atom. The lowest BCUT2D eigenvalue weighted by Crippen LogP contribution is -2.43. The van der Waals surface area contributed by atoms with E-state index in [4.69, 9.17) is 4.42 Å². The fourth-order valence-corrected chi connectivity index (χ4v) is 6.47. The van der Waals surface area contributed by atoms with Crippen molar-refractivity contribution < 1.29 is 12.8 Å². The number of furan rings is 1. The topological polar surface area (TPSA) is 53.8 Å². The van der Waals surface area contributed by atoms with Crippen molar-refractivity contribution in [2.75, 3.05) is 20.1 Å². The molecule has 0 bridgehead atoms. The largest absolute Gasteiger partial charge is 0.468 e. The number of hydrogen-bond donors (Lipinski definition) is 0. The molecular weight excluding hydrogens is 360 g/mol. The van der Waals surface area contributed by atoms with Gasteiger partial charge >= 0.3 is 0 Å². The predicted molar refractivity (Wildman–Crippen MR) is 105 cm³/mol. The van der Waals surface area contributed by atoms with Gasteiger partial charge in [-0.15, -0.1) is 0 Å². The average molecular weight is 389 g/mol. The highest BCUT2D eigenvalue weighted by molar-refractivity contribution is 7.89. The monoisotopic (exact) mass is 388 g/mol. The Hall–Kier alpha value is -1.63. The Balaban J connectivity index is 1.52. The summed E-state index contributed by atoms with van der Waals surface area (Å²) in [5.74, 6) is 1.79. The number of rotatable bonds is 5. The predicted octanol–water partition coefficient (Wildman–Crippen LogP) is 3.51. The highest BCUT2D eigenvalue weighted by Gasteiger charge is 2.45. The summed E-state index contributed by atoms with van der Waals surface area (Å²) in [7, 11) is -1.29. The average Bonchev–Trinajstić information content (AvgIpc) is 3.30. The van der Waals surface area contributed by atoms with E-state index in [-0.39, 0.29) is 0 Å². The third-order valence-corrected chi connectivity index (χ3v) is 8.03. The summed E-state index contributed by atoms with van der Waals surface area (Å²) in [6.07, 6.45) is 5.11. The highest BCUT2D eigenvalue weighted by Crippen LogP contribution is 2.40. The van der Waals surface area contributed by atoms with Crippen LogP contribution < -0.4 is 0 Å². The molecule has 5 nitrogen and oxygen atoms in total. The molecule has 27 heavy (non-hydrogen) atoms. The smallest absolute Gasteiger partial charge is 0.243 e. The number of nitrogens with zero attached hydrogens (tertiary/aromatic N) is 2. The zero-order valence-electron chi connectivity index (χ0n) is 16.0. The van der Waals surface area contributed by atoms with E-state index in [1.165, 1.54) is 0 Å². The molecule has 6 heteroatoms. The van der Waals surface area contributed by atoms with E-state index in [2.05, 4.69) is 11.9 Å². The van der Waals surface area contributed by atoms with Gasteiger partial charge in [0.15, 0.2) is 0 Å². The molecule has 1 aromatic carbocycles. The lowest BCUT2D eigenvalue weighted by Gasteiger charge is -2.38. The summed E-state index contributed by atoms with van der Waals surface area (Å²) in [6.45, 7) is 3.97. The molecule has 2 aliphatic rings. The minimum atomic E-state index is -3.42. The lowest BCUT2D eigenvalue weighted by molar-refractivity contribution is 0.0999. The van der Waals surface area contributed by atoms with Crippen LogP contribution in [0.1, 0.15) is 30.6 Å². The second kappa shape index (κ2) is 7.41. The summed E-state index contributed by atoms with van der Waals surface area (Å²) < 4.78 is 33.5. The van der Waals surface area contributed by atoms with Crippen LogP contribution in [0.4, 0.5) is 0 Å². The molecule has 0 N–H and O–H groups in total. The quantitative estimate of drug-likeness (QED) is 0.787. The molecule has 2 fully saturated rings. The summed E-state index contributed by atoms with van der Waals surface area (Å²) in [5, 5.41) is 0. The fourth-order valence-electron chi connectivity index (χ4n) is 4.83. The molecule has 1 aliphatic heterocycles. The summed E-state index contributed by atoms with van der Waals surface area (Å²) >= 11 is 0. The maximum Gasteiger partial charge on any atom is 0.243 e. The van der Waals surface area contributed by atoms with Crippen LogP contribution in [0, 0.1) is 18.8 Å². The van der Waals surface area contributed by atoms with E-state index >= 15 is 0 Å². The van der Waals surface area contributed by atoms with Crippen molar-refractivity contribution in [2.45, 2.75) is 43.7 Å². The van der Waals surface area contributed by atoms with Gasteiger partial charge in [-0.1, -0.05) is 18.6 Å². The first-order valence-electron chi connectivity index (χ1n) is 9.74. The molecule has 1 saturated carbocycles. The van der Waals surface area contributed by atoms with Gasteiger partial charge in [-0.3, -0.25) is 4.90 Å². The second-order valence-electron chi connectivity index (χ2n) is 8.06. The number of sulfonamides is 1. The maximum atomic E-state index is 13.2. The van der Waals surface area contributed by atoms with E-state index < -0.39 is 10.0 Å². The SMILES string of the molecule is Cc1cccc(S(=O)(=O)N2C[C@@H]3CCC[C@@H](N(C)Cc4ccco4)[C@H]3C2)c1. The molecule has 3 atom stereocenters. The second-order valence-corrected chi connectivity index (χ2v) is 9.99. The van der Waals surface area contributed by atoms with Crippen molar-refractivity contribution in [3.05, 3.63) is 54.0 Å². The van der Waals surface area contributed by atoms with Crippen LogP contribution >= 0.6 is 0 Å². The van der Waals surface area contributed by atoms with Gasteiger partial charge in [0.1, 0.15) is 5.76 Å². The molecular formula is C21H28N2O3S. The normalized spacial score (nSPS) is 26.4. The van der Waals surface area contributed by atoms with Crippen molar-refractivity contribution in [1.29, 1.82) is 0 Å². The number of hydrogen-bond acceptors (Lipinski definition) is 4. The van der Waals surface area contributed by atoms with Crippen molar-refractivity contribution in [3.63, 3.8) is 0 Å². The zero-order chi connectivity index (χ0) is 19.0. The van der Waals surface area contributed by atoms with Gasteiger partial charge in [0.2, 0.25) is 10.0 Å². The number of benzene rings is 1. The van der Waals surface area contributed by atoms with Crippen molar-refractivity contribution in [2.24, 2.45) is 11.8 Å². The van der Waals surface area contributed by atoms with Crippen LogP contribution in [0.15, 0.2) is 52.0 Å². The molecule has 0 unspecified atom stereocenters. The molecule has 1 saturated heterocycles. The van der Waals surface area contributed by atoms with Gasteiger partial charge in [-0.25, -0.2) is 8.42 Å². The third kappa shape index (κ3) is 3.71. The van der Waals surface area contributed by atoms with Gasteiger partial charge in [0.05, 0.1) is 17.7 Å². The van der Waals surface area contributed by atoms with Gasteiger partial charge in [0.25, 0.3) is 0 Å². The van der Waals surface area contributed by atoms with E-state index in [0.717, 1.165) is 37.1 Å². The van der Waals surface area contributed by atoms with Crippen LogP contribution in [-0.4, -0.2) is 43.8 Å². The van der Waals surface area contributed by atoms with Crippen molar-refractivity contribution >= 4 is 10.0 Å². The molecule has 0 spiro atoms. The van der Waals surface area contributed by atoms with Gasteiger partial charge in [-0.2, -0.15) is 4.31 Å². The van der Waals surface area contributed by atoms with Crippen LogP contribution in [0.2, 0.25) is 0 Å². The minimum Gasteiger partial charge on any atom is -0.468 e. The molecule has 4 rings (SSSR count). The molecule has 146 valence electrons. The first-order chi connectivity index (χ1) is 12.9. The zero-order valence-corrected chi connectivity index (χ0v) is 16.9. The van der Waals surface area contributed by atoms with Crippen LogP contribution in [0.25, 0.3) is 0 Å². The molecule has 1 aromatic heterocycles. The lowest BCUT2D eigenvalue weighted by atomic mass is 9.77. The van der Waals surface area contributed by atoms with Crippen LogP contribution in [0.3, 0.4) is 0 Å². The first-order valence-corrected chi connectivity index (χ1v) is 11.2. The minimum absolute atomic E-state index is 0.387. The van der Waals surface area contributed by atoms with Gasteiger partial charge < -0.3 is 4.42 Å². The van der Waals surface area contributed by atoms with Crippen molar-refractivity contribution in [1.82, 2.24) is 9.21 Å². The fraction of sp³-hybridized carbons (Fsp3) is 0.524.